The van der Waals surface area contributed by atoms with Gasteiger partial charge in [0.25, 0.3) is 0 Å². The van der Waals surface area contributed by atoms with Crippen LogP contribution in [-0.2, 0) is 5.41 Å². The molecule has 33 heavy (non-hydrogen) atoms. The van der Waals surface area contributed by atoms with Gasteiger partial charge in [0.15, 0.2) is 0 Å². The molecule has 0 radical (unpaired) electrons. The minimum absolute atomic E-state index is 0.251. The van der Waals surface area contributed by atoms with E-state index in [0.29, 0.717) is 0 Å². The highest BCUT2D eigenvalue weighted by atomic mass is 14.8. The van der Waals surface area contributed by atoms with E-state index < -0.39 is 0 Å². The van der Waals surface area contributed by atoms with Crippen LogP contribution >= 0.6 is 0 Å². The SMILES string of the molecule is CCCCCCCCCCC1=CC=CC1(c1cc2ccccc2[nH]1)c1cc2ccccc2[nH]1. The maximum absolute atomic E-state index is 3.77. The van der Waals surface area contributed by atoms with Crippen LogP contribution in [0.2, 0.25) is 0 Å². The lowest BCUT2D eigenvalue weighted by Gasteiger charge is -2.30. The van der Waals surface area contributed by atoms with Gasteiger partial charge in [-0.1, -0.05) is 106 Å². The van der Waals surface area contributed by atoms with Crippen LogP contribution in [0.3, 0.4) is 0 Å². The number of aromatic nitrogens is 2. The zero-order chi connectivity index (χ0) is 22.5. The number of fused-ring (bicyclic) bond motifs is 2. The Morgan fingerprint density at radius 1 is 0.667 bits per heavy atom. The first kappa shape index (κ1) is 21.8. The molecule has 0 atom stereocenters. The molecular weight excluding hydrogens is 400 g/mol. The van der Waals surface area contributed by atoms with E-state index in [9.17, 15) is 0 Å². The van der Waals surface area contributed by atoms with E-state index >= 15 is 0 Å². The molecule has 0 amide bonds. The number of H-pyrrole nitrogens is 2. The van der Waals surface area contributed by atoms with Crippen LogP contribution in [0.4, 0.5) is 0 Å². The Balaban J connectivity index is 1.42. The zero-order valence-electron chi connectivity index (χ0n) is 19.9. The molecule has 0 saturated heterocycles. The first-order valence-corrected chi connectivity index (χ1v) is 12.9. The monoisotopic (exact) mass is 436 g/mol. The Kier molecular flexibility index (Phi) is 6.53. The van der Waals surface area contributed by atoms with Crippen LogP contribution in [0, 0.1) is 0 Å². The first-order valence-electron chi connectivity index (χ1n) is 12.9. The summed E-state index contributed by atoms with van der Waals surface area (Å²) in [4.78, 5) is 7.54. The molecule has 1 aliphatic rings. The van der Waals surface area contributed by atoms with Crippen LogP contribution < -0.4 is 0 Å². The number of hydrogen-bond donors (Lipinski definition) is 2. The summed E-state index contributed by atoms with van der Waals surface area (Å²) < 4.78 is 0. The lowest BCUT2D eigenvalue weighted by Crippen LogP contribution is -2.27. The number of rotatable bonds is 11. The summed E-state index contributed by atoms with van der Waals surface area (Å²) in [5.41, 5.74) is 6.17. The van der Waals surface area contributed by atoms with Crippen molar-refractivity contribution in [3.63, 3.8) is 0 Å². The second kappa shape index (κ2) is 9.87. The van der Waals surface area contributed by atoms with E-state index in [4.69, 9.17) is 0 Å². The van der Waals surface area contributed by atoms with E-state index in [0.717, 1.165) is 6.42 Å². The standard InChI is InChI=1S/C31H36N2/c1-2-3-4-5-6-7-8-9-17-26-18-14-21-31(26,29-22-24-15-10-12-19-27(24)32-29)30-23-25-16-11-13-20-28(25)33-30/h10-16,18-23,32-33H,2-9,17H2,1H3. The number of allylic oxidation sites excluding steroid dienone is 4. The summed E-state index contributed by atoms with van der Waals surface area (Å²) in [6.45, 7) is 2.29. The normalized spacial score (nSPS) is 15.0. The van der Waals surface area contributed by atoms with Crippen molar-refractivity contribution in [2.45, 2.75) is 70.1 Å². The molecular formula is C31H36N2. The largest absolute Gasteiger partial charge is 0.357 e. The highest BCUT2D eigenvalue weighted by molar-refractivity contribution is 5.84. The molecule has 5 rings (SSSR count). The number of hydrogen-bond acceptors (Lipinski definition) is 0. The molecule has 2 nitrogen and oxygen atoms in total. The van der Waals surface area contributed by atoms with E-state index in [1.807, 2.05) is 0 Å². The number of benzene rings is 2. The maximum atomic E-state index is 3.77. The van der Waals surface area contributed by atoms with Crippen LogP contribution in [-0.4, -0.2) is 9.97 Å². The van der Waals surface area contributed by atoms with Crippen molar-refractivity contribution in [1.82, 2.24) is 9.97 Å². The molecule has 2 N–H and O–H groups in total. The van der Waals surface area contributed by atoms with Crippen LogP contribution in [0.5, 0.6) is 0 Å². The van der Waals surface area contributed by atoms with Crippen molar-refractivity contribution in [3.8, 4) is 0 Å². The number of nitrogens with one attached hydrogen (secondary N) is 2. The third-order valence-electron chi connectivity index (χ3n) is 7.36. The molecule has 2 heteroatoms. The molecule has 0 saturated carbocycles. The number of unbranched alkanes of at least 4 members (excludes halogenated alkanes) is 7. The van der Waals surface area contributed by atoms with Crippen molar-refractivity contribution in [2.24, 2.45) is 0 Å². The van der Waals surface area contributed by atoms with Gasteiger partial charge in [0, 0.05) is 22.4 Å². The van der Waals surface area contributed by atoms with Crippen molar-refractivity contribution < 1.29 is 0 Å². The zero-order valence-corrected chi connectivity index (χ0v) is 19.9. The highest BCUT2D eigenvalue weighted by Gasteiger charge is 2.40. The number of aromatic amines is 2. The van der Waals surface area contributed by atoms with E-state index in [1.165, 1.54) is 90.1 Å². The van der Waals surface area contributed by atoms with Gasteiger partial charge in [0.1, 0.15) is 0 Å². The third kappa shape index (κ3) is 4.31. The third-order valence-corrected chi connectivity index (χ3v) is 7.36. The van der Waals surface area contributed by atoms with Gasteiger partial charge in [-0.05, 0) is 53.5 Å². The Labute approximate surface area is 197 Å². The van der Waals surface area contributed by atoms with Gasteiger partial charge in [-0.25, -0.2) is 0 Å². The predicted octanol–water partition coefficient (Wildman–Crippen LogP) is 8.96. The Hall–Kier alpha value is -3.00. The Morgan fingerprint density at radius 2 is 1.21 bits per heavy atom. The maximum Gasteiger partial charge on any atom is 0.0898 e. The van der Waals surface area contributed by atoms with E-state index in [2.05, 4.69) is 95.8 Å². The fourth-order valence-corrected chi connectivity index (χ4v) is 5.52. The van der Waals surface area contributed by atoms with Crippen LogP contribution in [0.15, 0.2) is 84.5 Å². The predicted molar refractivity (Wildman–Crippen MR) is 142 cm³/mol. The van der Waals surface area contributed by atoms with Gasteiger partial charge in [-0.15, -0.1) is 0 Å². The van der Waals surface area contributed by atoms with Gasteiger partial charge in [-0.2, -0.15) is 0 Å². The average molecular weight is 437 g/mol. The Bertz CT molecular complexity index is 1130. The fourth-order valence-electron chi connectivity index (χ4n) is 5.52. The number of para-hydroxylation sites is 2. The molecule has 0 aliphatic heterocycles. The van der Waals surface area contributed by atoms with Gasteiger partial charge < -0.3 is 9.97 Å². The summed E-state index contributed by atoms with van der Waals surface area (Å²) in [6.07, 6.45) is 19.0. The Morgan fingerprint density at radius 3 is 1.79 bits per heavy atom. The van der Waals surface area contributed by atoms with Gasteiger partial charge >= 0.3 is 0 Å². The summed E-state index contributed by atoms with van der Waals surface area (Å²) in [5, 5.41) is 2.55. The molecule has 0 fully saturated rings. The fraction of sp³-hybridized carbons (Fsp3) is 0.355. The van der Waals surface area contributed by atoms with E-state index in [1.54, 1.807) is 0 Å². The summed E-state index contributed by atoms with van der Waals surface area (Å²) in [6, 6.07) is 21.9. The lowest BCUT2D eigenvalue weighted by molar-refractivity contribution is 0.564. The van der Waals surface area contributed by atoms with Gasteiger partial charge in [0.2, 0.25) is 0 Å². The highest BCUT2D eigenvalue weighted by Crippen LogP contribution is 2.46. The topological polar surface area (TPSA) is 31.6 Å². The van der Waals surface area contributed by atoms with Crippen molar-refractivity contribution >= 4 is 21.8 Å². The second-order valence-corrected chi connectivity index (χ2v) is 9.62. The van der Waals surface area contributed by atoms with Gasteiger partial charge in [0.05, 0.1) is 5.41 Å². The molecule has 2 aromatic carbocycles. The summed E-state index contributed by atoms with van der Waals surface area (Å²) in [7, 11) is 0. The first-order chi connectivity index (χ1) is 16.3. The quantitative estimate of drug-likeness (QED) is 0.220. The van der Waals surface area contributed by atoms with Crippen molar-refractivity contribution in [3.05, 3.63) is 95.9 Å². The molecule has 0 bridgehead atoms. The molecule has 2 aromatic heterocycles. The van der Waals surface area contributed by atoms with Crippen LogP contribution in [0.1, 0.15) is 76.1 Å². The lowest BCUT2D eigenvalue weighted by atomic mass is 9.74. The molecule has 170 valence electrons. The average Bonchev–Trinajstić information content (AvgIpc) is 3.57. The molecule has 0 spiro atoms. The van der Waals surface area contributed by atoms with Crippen molar-refractivity contribution in [2.75, 3.05) is 0 Å². The molecule has 1 aliphatic carbocycles. The molecule has 2 heterocycles. The second-order valence-electron chi connectivity index (χ2n) is 9.62. The van der Waals surface area contributed by atoms with Crippen LogP contribution in [0.25, 0.3) is 21.8 Å². The summed E-state index contributed by atoms with van der Waals surface area (Å²) >= 11 is 0. The minimum Gasteiger partial charge on any atom is -0.357 e. The molecule has 0 unspecified atom stereocenters. The van der Waals surface area contributed by atoms with E-state index in [-0.39, 0.29) is 5.41 Å². The molecule has 4 aromatic rings. The van der Waals surface area contributed by atoms with Gasteiger partial charge in [-0.3, -0.25) is 0 Å². The minimum atomic E-state index is -0.251. The van der Waals surface area contributed by atoms with Crippen molar-refractivity contribution in [1.29, 1.82) is 0 Å². The smallest absolute Gasteiger partial charge is 0.0898 e. The summed E-state index contributed by atoms with van der Waals surface area (Å²) in [5.74, 6) is 0.